The number of anilines is 1. The number of halogens is 3. The first-order valence-corrected chi connectivity index (χ1v) is 8.77. The number of nitrogens with zero attached hydrogens (tertiary/aromatic N) is 2. The number of carbonyl (C=O) groups excluding carboxylic acids is 1. The van der Waals surface area contributed by atoms with Crippen molar-refractivity contribution in [3.05, 3.63) is 59.7 Å². The molecule has 0 radical (unpaired) electrons. The normalized spacial score (nSPS) is 13.0. The lowest BCUT2D eigenvalue weighted by Gasteiger charge is -2.11. The fourth-order valence-electron chi connectivity index (χ4n) is 2.31. The molecule has 1 atom stereocenters. The standard InChI is InChI=1S/C18H15F3N4OS/c1-11(23-17-24-14-8-4-5-9-15(14)27-17)16(26)25-22-10-12-6-2-3-7-13(12)18(19,20)21/h2-11H,1H3,(H,23,24)(H,25,26)/b22-10-/t11-/m1/s1. The molecule has 3 rings (SSSR count). The number of fused-ring (bicyclic) bond motifs is 1. The number of hydrazone groups is 1. The number of nitrogens with one attached hydrogen (secondary N) is 2. The van der Waals surface area contributed by atoms with Crippen LogP contribution in [0.15, 0.2) is 53.6 Å². The molecule has 0 aliphatic heterocycles. The van der Waals surface area contributed by atoms with Gasteiger partial charge in [0.2, 0.25) is 0 Å². The van der Waals surface area contributed by atoms with E-state index in [1.54, 1.807) is 6.92 Å². The fraction of sp³-hybridized carbons (Fsp3) is 0.167. The van der Waals surface area contributed by atoms with Crippen LogP contribution in [0.3, 0.4) is 0 Å². The fourth-order valence-corrected chi connectivity index (χ4v) is 3.27. The van der Waals surface area contributed by atoms with Gasteiger partial charge in [-0.25, -0.2) is 10.4 Å². The number of benzene rings is 2. The first-order valence-electron chi connectivity index (χ1n) is 7.96. The number of para-hydroxylation sites is 1. The van der Waals surface area contributed by atoms with E-state index in [0.29, 0.717) is 5.13 Å². The highest BCUT2D eigenvalue weighted by molar-refractivity contribution is 7.22. The van der Waals surface area contributed by atoms with E-state index in [2.05, 4.69) is 20.8 Å². The third kappa shape index (κ3) is 4.62. The van der Waals surface area contributed by atoms with Crippen molar-refractivity contribution >= 4 is 38.8 Å². The number of amides is 1. The van der Waals surface area contributed by atoms with Gasteiger partial charge in [-0.15, -0.1) is 0 Å². The summed E-state index contributed by atoms with van der Waals surface area (Å²) < 4.78 is 39.8. The van der Waals surface area contributed by atoms with Crippen LogP contribution in [0.25, 0.3) is 10.2 Å². The summed E-state index contributed by atoms with van der Waals surface area (Å²) in [4.78, 5) is 16.5. The Hall–Kier alpha value is -2.94. The summed E-state index contributed by atoms with van der Waals surface area (Å²) in [7, 11) is 0. The van der Waals surface area contributed by atoms with Crippen molar-refractivity contribution in [3.63, 3.8) is 0 Å². The van der Waals surface area contributed by atoms with Gasteiger partial charge in [-0.1, -0.05) is 41.7 Å². The van der Waals surface area contributed by atoms with Crippen molar-refractivity contribution in [1.29, 1.82) is 0 Å². The van der Waals surface area contributed by atoms with Crippen molar-refractivity contribution in [3.8, 4) is 0 Å². The molecule has 5 nitrogen and oxygen atoms in total. The van der Waals surface area contributed by atoms with Gasteiger partial charge in [-0.2, -0.15) is 18.3 Å². The van der Waals surface area contributed by atoms with Gasteiger partial charge < -0.3 is 5.32 Å². The molecule has 9 heteroatoms. The zero-order valence-electron chi connectivity index (χ0n) is 14.1. The van der Waals surface area contributed by atoms with Gasteiger partial charge in [0.15, 0.2) is 5.13 Å². The van der Waals surface area contributed by atoms with Crippen LogP contribution >= 0.6 is 11.3 Å². The number of hydrogen-bond donors (Lipinski definition) is 2. The highest BCUT2D eigenvalue weighted by atomic mass is 32.1. The van der Waals surface area contributed by atoms with Crippen molar-refractivity contribution in [1.82, 2.24) is 10.4 Å². The molecule has 0 fully saturated rings. The molecule has 1 amide bonds. The minimum atomic E-state index is -4.49. The second-order valence-corrected chi connectivity index (χ2v) is 6.70. The van der Waals surface area contributed by atoms with E-state index in [0.717, 1.165) is 22.5 Å². The highest BCUT2D eigenvalue weighted by Crippen LogP contribution is 2.31. The lowest BCUT2D eigenvalue weighted by atomic mass is 10.1. The number of aromatic nitrogens is 1. The summed E-state index contributed by atoms with van der Waals surface area (Å²) in [6.45, 7) is 1.61. The lowest BCUT2D eigenvalue weighted by molar-refractivity contribution is -0.137. The maximum Gasteiger partial charge on any atom is 0.417 e. The van der Waals surface area contributed by atoms with Gasteiger partial charge in [0, 0.05) is 5.56 Å². The molecular formula is C18H15F3N4OS. The summed E-state index contributed by atoms with van der Waals surface area (Å²) in [6.07, 6.45) is -3.51. The molecular weight excluding hydrogens is 377 g/mol. The molecule has 0 aliphatic carbocycles. The van der Waals surface area contributed by atoms with Crippen LogP contribution in [-0.2, 0) is 11.0 Å². The van der Waals surface area contributed by atoms with E-state index in [1.165, 1.54) is 29.5 Å². The second-order valence-electron chi connectivity index (χ2n) is 5.67. The predicted octanol–water partition coefficient (Wildman–Crippen LogP) is 4.27. The molecule has 3 aromatic rings. The van der Waals surface area contributed by atoms with Crippen LogP contribution in [0.5, 0.6) is 0 Å². The van der Waals surface area contributed by atoms with Gasteiger partial charge in [0.1, 0.15) is 6.04 Å². The van der Waals surface area contributed by atoms with Crippen molar-refractivity contribution < 1.29 is 18.0 Å². The molecule has 0 unspecified atom stereocenters. The van der Waals surface area contributed by atoms with E-state index >= 15 is 0 Å². The van der Waals surface area contributed by atoms with Gasteiger partial charge in [-0.05, 0) is 25.1 Å². The summed E-state index contributed by atoms with van der Waals surface area (Å²) in [5.74, 6) is -0.491. The monoisotopic (exact) mass is 392 g/mol. The Morgan fingerprint density at radius 1 is 1.19 bits per heavy atom. The highest BCUT2D eigenvalue weighted by Gasteiger charge is 2.32. The Labute approximate surface area is 156 Å². The zero-order chi connectivity index (χ0) is 19.4. The van der Waals surface area contributed by atoms with Gasteiger partial charge in [0.05, 0.1) is 22.0 Å². The molecule has 140 valence electrons. The SMILES string of the molecule is C[C@@H](Nc1nc2ccccc2s1)C(=O)N/N=C\c1ccccc1C(F)(F)F. The molecule has 1 aromatic heterocycles. The number of thiazole rings is 1. The smallest absolute Gasteiger partial charge is 0.350 e. The molecule has 1 heterocycles. The Morgan fingerprint density at radius 2 is 1.89 bits per heavy atom. The number of alkyl halides is 3. The summed E-state index contributed by atoms with van der Waals surface area (Å²) in [5.41, 5.74) is 2.12. The third-order valence-corrected chi connectivity index (χ3v) is 4.64. The summed E-state index contributed by atoms with van der Waals surface area (Å²) in [6, 6.07) is 11.9. The Morgan fingerprint density at radius 3 is 2.63 bits per heavy atom. The first kappa shape index (κ1) is 18.8. The van der Waals surface area contributed by atoms with Crippen LogP contribution in [0.2, 0.25) is 0 Å². The lowest BCUT2D eigenvalue weighted by Crippen LogP contribution is -2.34. The molecule has 0 saturated carbocycles. The third-order valence-electron chi connectivity index (χ3n) is 3.67. The van der Waals surface area contributed by atoms with Crippen LogP contribution in [0.1, 0.15) is 18.1 Å². The molecule has 2 aromatic carbocycles. The molecule has 0 aliphatic rings. The van der Waals surface area contributed by atoms with Crippen molar-refractivity contribution in [2.75, 3.05) is 5.32 Å². The Kier molecular flexibility index (Phi) is 5.41. The number of hydrogen-bond acceptors (Lipinski definition) is 5. The van der Waals surface area contributed by atoms with E-state index < -0.39 is 23.7 Å². The molecule has 27 heavy (non-hydrogen) atoms. The summed E-state index contributed by atoms with van der Waals surface area (Å²) >= 11 is 1.40. The predicted molar refractivity (Wildman–Crippen MR) is 99.9 cm³/mol. The maximum absolute atomic E-state index is 12.9. The summed E-state index contributed by atoms with van der Waals surface area (Å²) in [5, 5.41) is 7.17. The average Bonchev–Trinajstić information content (AvgIpc) is 3.03. The minimum absolute atomic E-state index is 0.128. The quantitative estimate of drug-likeness (QED) is 0.504. The van der Waals surface area contributed by atoms with Crippen LogP contribution in [0, 0.1) is 0 Å². The van der Waals surface area contributed by atoms with E-state index in [1.807, 2.05) is 24.3 Å². The van der Waals surface area contributed by atoms with E-state index in [-0.39, 0.29) is 5.56 Å². The van der Waals surface area contributed by atoms with Crippen LogP contribution in [-0.4, -0.2) is 23.1 Å². The van der Waals surface area contributed by atoms with Crippen molar-refractivity contribution in [2.45, 2.75) is 19.1 Å². The molecule has 0 saturated heterocycles. The Bertz CT molecular complexity index is 951. The van der Waals surface area contributed by atoms with E-state index in [9.17, 15) is 18.0 Å². The van der Waals surface area contributed by atoms with E-state index in [4.69, 9.17) is 0 Å². The maximum atomic E-state index is 12.9. The van der Waals surface area contributed by atoms with Gasteiger partial charge in [0.25, 0.3) is 5.91 Å². The van der Waals surface area contributed by atoms with Crippen molar-refractivity contribution in [2.24, 2.45) is 5.10 Å². The average molecular weight is 392 g/mol. The second kappa shape index (κ2) is 7.75. The minimum Gasteiger partial charge on any atom is -0.350 e. The topological polar surface area (TPSA) is 66.4 Å². The van der Waals surface area contributed by atoms with Crippen LogP contribution in [0.4, 0.5) is 18.3 Å². The Balaban J connectivity index is 1.63. The van der Waals surface area contributed by atoms with Crippen LogP contribution < -0.4 is 10.7 Å². The first-order chi connectivity index (χ1) is 12.8. The molecule has 0 bridgehead atoms. The van der Waals surface area contributed by atoms with Gasteiger partial charge >= 0.3 is 6.18 Å². The largest absolute Gasteiger partial charge is 0.417 e. The number of rotatable bonds is 5. The zero-order valence-corrected chi connectivity index (χ0v) is 14.9. The molecule has 0 spiro atoms. The van der Waals surface area contributed by atoms with Gasteiger partial charge in [-0.3, -0.25) is 4.79 Å². The number of carbonyl (C=O) groups is 1. The molecule has 2 N–H and O–H groups in total.